The molecule has 122 valence electrons. The number of aromatic amines is 1. The molecule has 6 heteroatoms. The monoisotopic (exact) mass is 316 g/mol. The van der Waals surface area contributed by atoms with E-state index in [4.69, 9.17) is 0 Å². The number of nitrogens with one attached hydrogen (secondary N) is 1. The van der Waals surface area contributed by atoms with E-state index in [1.165, 1.54) is 6.07 Å². The van der Waals surface area contributed by atoms with Gasteiger partial charge in [-0.2, -0.15) is 4.39 Å². The molecule has 0 radical (unpaired) electrons. The predicted octanol–water partition coefficient (Wildman–Crippen LogP) is 2.29. The van der Waals surface area contributed by atoms with Crippen molar-refractivity contribution in [2.45, 2.75) is 46.2 Å². The molecule has 0 amide bonds. The van der Waals surface area contributed by atoms with E-state index in [0.29, 0.717) is 18.8 Å². The third-order valence-electron chi connectivity index (χ3n) is 4.27. The van der Waals surface area contributed by atoms with E-state index in [0.717, 1.165) is 35.6 Å². The first-order valence-corrected chi connectivity index (χ1v) is 7.90. The van der Waals surface area contributed by atoms with Crippen molar-refractivity contribution in [3.8, 4) is 0 Å². The van der Waals surface area contributed by atoms with Gasteiger partial charge in [0.2, 0.25) is 5.95 Å². The van der Waals surface area contributed by atoms with Crippen LogP contribution in [0.2, 0.25) is 0 Å². The number of rotatable bonds is 3. The van der Waals surface area contributed by atoms with Crippen LogP contribution in [0.4, 0.5) is 4.39 Å². The van der Waals surface area contributed by atoms with Crippen LogP contribution in [-0.2, 0) is 19.5 Å². The molecule has 1 N–H and O–H groups in total. The minimum Gasteiger partial charge on any atom is -0.310 e. The van der Waals surface area contributed by atoms with Gasteiger partial charge in [-0.3, -0.25) is 9.69 Å². The molecule has 0 aliphatic carbocycles. The Morgan fingerprint density at radius 3 is 2.83 bits per heavy atom. The Labute approximate surface area is 134 Å². The van der Waals surface area contributed by atoms with E-state index in [-0.39, 0.29) is 11.5 Å². The Morgan fingerprint density at radius 2 is 2.13 bits per heavy atom. The molecule has 2 aromatic rings. The van der Waals surface area contributed by atoms with Gasteiger partial charge >= 0.3 is 0 Å². The van der Waals surface area contributed by atoms with Crippen molar-refractivity contribution in [3.63, 3.8) is 0 Å². The maximum absolute atomic E-state index is 13.1. The minimum absolute atomic E-state index is 0.0441. The Morgan fingerprint density at radius 1 is 1.35 bits per heavy atom. The summed E-state index contributed by atoms with van der Waals surface area (Å²) in [5, 5.41) is 0. The number of hydrogen-bond acceptors (Lipinski definition) is 4. The molecular weight excluding hydrogens is 295 g/mol. The van der Waals surface area contributed by atoms with Gasteiger partial charge in [0.15, 0.2) is 0 Å². The summed E-state index contributed by atoms with van der Waals surface area (Å²) in [6.45, 7) is 7.89. The van der Waals surface area contributed by atoms with Crippen LogP contribution in [-0.4, -0.2) is 26.4 Å². The summed E-state index contributed by atoms with van der Waals surface area (Å²) >= 11 is 0. The van der Waals surface area contributed by atoms with Gasteiger partial charge in [0.25, 0.3) is 5.56 Å². The quantitative estimate of drug-likeness (QED) is 0.883. The molecule has 0 unspecified atom stereocenters. The number of halogens is 1. The SMILES string of the molecule is Cc1nc(F)ccc1CN1CCc2nc(C(C)C)[nH]c(=O)c2C1. The summed E-state index contributed by atoms with van der Waals surface area (Å²) in [6, 6.07) is 3.14. The smallest absolute Gasteiger partial charge is 0.255 e. The number of nitrogens with zero attached hydrogens (tertiary/aromatic N) is 3. The second-order valence-electron chi connectivity index (χ2n) is 6.37. The number of aromatic nitrogens is 3. The largest absolute Gasteiger partial charge is 0.310 e. The second-order valence-corrected chi connectivity index (χ2v) is 6.37. The summed E-state index contributed by atoms with van der Waals surface area (Å²) < 4.78 is 13.1. The molecule has 0 spiro atoms. The zero-order valence-electron chi connectivity index (χ0n) is 13.7. The van der Waals surface area contributed by atoms with Crippen molar-refractivity contribution in [2.24, 2.45) is 0 Å². The van der Waals surface area contributed by atoms with E-state index in [2.05, 4.69) is 19.9 Å². The Kier molecular flexibility index (Phi) is 4.26. The van der Waals surface area contributed by atoms with Crippen LogP contribution in [0.15, 0.2) is 16.9 Å². The van der Waals surface area contributed by atoms with Gasteiger partial charge in [0, 0.05) is 37.7 Å². The Hall–Kier alpha value is -2.08. The van der Waals surface area contributed by atoms with E-state index in [1.807, 2.05) is 13.8 Å². The molecule has 23 heavy (non-hydrogen) atoms. The van der Waals surface area contributed by atoms with Gasteiger partial charge in [-0.25, -0.2) is 9.97 Å². The molecule has 1 aliphatic heterocycles. The zero-order valence-corrected chi connectivity index (χ0v) is 13.7. The van der Waals surface area contributed by atoms with Gasteiger partial charge in [-0.1, -0.05) is 19.9 Å². The third-order valence-corrected chi connectivity index (χ3v) is 4.27. The standard InChI is InChI=1S/C17H21FN4O/c1-10(2)16-20-14-6-7-22(9-13(14)17(23)21-16)8-12-4-5-15(18)19-11(12)3/h4-5,10H,6-9H2,1-3H3,(H,20,21,23). The highest BCUT2D eigenvalue weighted by Gasteiger charge is 2.22. The van der Waals surface area contributed by atoms with Gasteiger partial charge in [0.1, 0.15) is 5.82 Å². The van der Waals surface area contributed by atoms with E-state index in [9.17, 15) is 9.18 Å². The Balaban J connectivity index is 1.82. The third kappa shape index (κ3) is 3.32. The van der Waals surface area contributed by atoms with E-state index in [1.54, 1.807) is 13.0 Å². The van der Waals surface area contributed by atoms with Crippen molar-refractivity contribution < 1.29 is 4.39 Å². The van der Waals surface area contributed by atoms with Crippen molar-refractivity contribution in [1.82, 2.24) is 19.9 Å². The molecule has 0 aromatic carbocycles. The Bertz CT molecular complexity index is 785. The van der Waals surface area contributed by atoms with Gasteiger partial charge < -0.3 is 4.98 Å². The van der Waals surface area contributed by atoms with Crippen molar-refractivity contribution in [1.29, 1.82) is 0 Å². The molecule has 2 aromatic heterocycles. The van der Waals surface area contributed by atoms with Crippen molar-refractivity contribution in [2.75, 3.05) is 6.54 Å². The lowest BCUT2D eigenvalue weighted by atomic mass is 10.0. The zero-order chi connectivity index (χ0) is 16.6. The maximum atomic E-state index is 13.1. The lowest BCUT2D eigenvalue weighted by molar-refractivity contribution is 0.240. The van der Waals surface area contributed by atoms with Gasteiger partial charge in [-0.05, 0) is 18.6 Å². The fraction of sp³-hybridized carbons (Fsp3) is 0.471. The fourth-order valence-electron chi connectivity index (χ4n) is 2.88. The number of H-pyrrole nitrogens is 1. The van der Waals surface area contributed by atoms with Crippen LogP contribution in [0.3, 0.4) is 0 Å². The van der Waals surface area contributed by atoms with Crippen LogP contribution in [0.1, 0.15) is 48.1 Å². The molecule has 0 atom stereocenters. The normalized spacial score (nSPS) is 15.0. The van der Waals surface area contributed by atoms with Crippen LogP contribution >= 0.6 is 0 Å². The molecule has 0 bridgehead atoms. The highest BCUT2D eigenvalue weighted by atomic mass is 19.1. The topological polar surface area (TPSA) is 61.9 Å². The maximum Gasteiger partial charge on any atom is 0.255 e. The average molecular weight is 316 g/mol. The molecule has 3 rings (SSSR count). The molecule has 0 saturated carbocycles. The molecule has 5 nitrogen and oxygen atoms in total. The van der Waals surface area contributed by atoms with Crippen LogP contribution in [0, 0.1) is 12.9 Å². The van der Waals surface area contributed by atoms with Crippen LogP contribution in [0.5, 0.6) is 0 Å². The highest BCUT2D eigenvalue weighted by molar-refractivity contribution is 5.23. The molecule has 1 aliphatic rings. The van der Waals surface area contributed by atoms with Gasteiger partial charge in [-0.15, -0.1) is 0 Å². The van der Waals surface area contributed by atoms with E-state index >= 15 is 0 Å². The minimum atomic E-state index is -0.461. The first kappa shape index (κ1) is 15.8. The number of pyridine rings is 1. The van der Waals surface area contributed by atoms with E-state index < -0.39 is 5.95 Å². The first-order valence-electron chi connectivity index (χ1n) is 7.90. The number of hydrogen-bond donors (Lipinski definition) is 1. The summed E-state index contributed by atoms with van der Waals surface area (Å²) in [5.41, 5.74) is 3.28. The molecule has 3 heterocycles. The van der Waals surface area contributed by atoms with Crippen molar-refractivity contribution in [3.05, 3.63) is 56.8 Å². The second kappa shape index (κ2) is 6.20. The van der Waals surface area contributed by atoms with Crippen molar-refractivity contribution >= 4 is 0 Å². The predicted molar refractivity (Wildman–Crippen MR) is 85.7 cm³/mol. The summed E-state index contributed by atoms with van der Waals surface area (Å²) in [7, 11) is 0. The lowest BCUT2D eigenvalue weighted by Gasteiger charge is -2.28. The summed E-state index contributed by atoms with van der Waals surface area (Å²) in [4.78, 5) is 25.8. The fourth-order valence-corrected chi connectivity index (χ4v) is 2.88. The molecule has 0 saturated heterocycles. The summed E-state index contributed by atoms with van der Waals surface area (Å²) in [6.07, 6.45) is 0.757. The van der Waals surface area contributed by atoms with Crippen LogP contribution in [0.25, 0.3) is 0 Å². The number of fused-ring (bicyclic) bond motifs is 1. The van der Waals surface area contributed by atoms with Crippen LogP contribution < -0.4 is 5.56 Å². The first-order chi connectivity index (χ1) is 10.9. The lowest BCUT2D eigenvalue weighted by Crippen LogP contribution is -2.36. The molecular formula is C17H21FN4O. The average Bonchev–Trinajstić information content (AvgIpc) is 2.50. The number of aryl methyl sites for hydroxylation is 1. The summed E-state index contributed by atoms with van der Waals surface area (Å²) in [5.74, 6) is 0.497. The molecule has 0 fully saturated rings. The highest BCUT2D eigenvalue weighted by Crippen LogP contribution is 2.19. The van der Waals surface area contributed by atoms with Gasteiger partial charge in [0.05, 0.1) is 11.3 Å².